The molecular weight excluding hydrogens is 275 g/mol. The van der Waals surface area contributed by atoms with Crippen molar-refractivity contribution < 1.29 is 18.0 Å². The van der Waals surface area contributed by atoms with Gasteiger partial charge < -0.3 is 5.32 Å². The molecule has 100 valence electrons. The highest BCUT2D eigenvalue weighted by Gasteiger charge is 2.29. The first-order chi connectivity index (χ1) is 8.86. The smallest absolute Gasteiger partial charge is 0.321 e. The van der Waals surface area contributed by atoms with Gasteiger partial charge in [-0.3, -0.25) is 4.79 Å². The first kappa shape index (κ1) is 13.6. The van der Waals surface area contributed by atoms with E-state index < -0.39 is 11.7 Å². The van der Waals surface area contributed by atoms with E-state index in [4.69, 9.17) is 0 Å². The first-order valence-corrected chi connectivity index (χ1v) is 6.23. The van der Waals surface area contributed by atoms with Gasteiger partial charge in [-0.05, 0) is 43.3 Å². The van der Waals surface area contributed by atoms with Crippen LogP contribution >= 0.6 is 11.3 Å². The van der Waals surface area contributed by atoms with Crippen molar-refractivity contribution in [2.24, 2.45) is 0 Å². The van der Waals surface area contributed by atoms with Crippen molar-refractivity contribution in [3.05, 3.63) is 51.7 Å². The molecule has 1 heterocycles. The van der Waals surface area contributed by atoms with Gasteiger partial charge in [0.1, 0.15) is 0 Å². The molecule has 2 rings (SSSR count). The predicted molar refractivity (Wildman–Crippen MR) is 68.5 cm³/mol. The van der Waals surface area contributed by atoms with Gasteiger partial charge in [0.15, 0.2) is 0 Å². The van der Waals surface area contributed by atoms with Crippen LogP contribution in [0.25, 0.3) is 0 Å². The number of amides is 1. The molecule has 0 fully saturated rings. The fourth-order valence-electron chi connectivity index (χ4n) is 1.49. The highest BCUT2D eigenvalue weighted by molar-refractivity contribution is 7.14. The lowest BCUT2D eigenvalue weighted by Crippen LogP contribution is -2.10. The number of nitrogens with one attached hydrogen (secondary N) is 1. The van der Waals surface area contributed by atoms with E-state index in [0.717, 1.165) is 17.0 Å². The van der Waals surface area contributed by atoms with Crippen LogP contribution in [0.15, 0.2) is 36.4 Å². The molecule has 1 N–H and O–H groups in total. The van der Waals surface area contributed by atoms with Gasteiger partial charge in [0.05, 0.1) is 10.4 Å². The molecule has 0 saturated carbocycles. The fourth-order valence-corrected chi connectivity index (χ4v) is 2.25. The summed E-state index contributed by atoms with van der Waals surface area (Å²) < 4.78 is 37.1. The minimum atomic E-state index is -4.37. The van der Waals surface area contributed by atoms with Crippen LogP contribution in [0.4, 0.5) is 18.9 Å². The maximum absolute atomic E-state index is 12.4. The Morgan fingerprint density at radius 1 is 1.11 bits per heavy atom. The lowest BCUT2D eigenvalue weighted by Gasteiger charge is -2.08. The molecule has 0 aliphatic heterocycles. The number of rotatable bonds is 2. The van der Waals surface area contributed by atoms with Crippen LogP contribution in [0.3, 0.4) is 0 Å². The summed E-state index contributed by atoms with van der Waals surface area (Å²) in [6, 6.07) is 7.85. The molecule has 2 nitrogen and oxygen atoms in total. The van der Waals surface area contributed by atoms with Crippen molar-refractivity contribution in [1.29, 1.82) is 0 Å². The lowest BCUT2D eigenvalue weighted by molar-refractivity contribution is -0.137. The minimum Gasteiger partial charge on any atom is -0.321 e. The Balaban J connectivity index is 2.10. The normalized spacial score (nSPS) is 11.4. The number of carbonyl (C=O) groups is 1. The topological polar surface area (TPSA) is 29.1 Å². The molecule has 0 atom stereocenters. The van der Waals surface area contributed by atoms with E-state index in [1.54, 1.807) is 6.07 Å². The van der Waals surface area contributed by atoms with Crippen LogP contribution in [0, 0.1) is 6.92 Å². The van der Waals surface area contributed by atoms with Gasteiger partial charge in [-0.15, -0.1) is 11.3 Å². The third-order valence-corrected chi connectivity index (χ3v) is 3.43. The van der Waals surface area contributed by atoms with Gasteiger partial charge in [0.25, 0.3) is 5.91 Å². The maximum atomic E-state index is 12.4. The average molecular weight is 285 g/mol. The van der Waals surface area contributed by atoms with Crippen molar-refractivity contribution in [2.75, 3.05) is 5.32 Å². The molecule has 1 aromatic heterocycles. The Hall–Kier alpha value is -1.82. The molecule has 0 radical (unpaired) electrons. The van der Waals surface area contributed by atoms with Crippen LogP contribution < -0.4 is 5.32 Å². The summed E-state index contributed by atoms with van der Waals surface area (Å²) >= 11 is 1.33. The van der Waals surface area contributed by atoms with Gasteiger partial charge in [0, 0.05) is 10.6 Å². The first-order valence-electron chi connectivity index (χ1n) is 5.41. The van der Waals surface area contributed by atoms with Gasteiger partial charge in [0.2, 0.25) is 0 Å². The third-order valence-electron chi connectivity index (χ3n) is 2.43. The number of alkyl halides is 3. The Morgan fingerprint density at radius 2 is 1.74 bits per heavy atom. The molecule has 0 spiro atoms. The SMILES string of the molecule is Cc1ccc(C(=O)Nc2ccc(C(F)(F)F)cc2)s1. The summed E-state index contributed by atoms with van der Waals surface area (Å²) in [6.07, 6.45) is -4.37. The van der Waals surface area contributed by atoms with E-state index in [0.29, 0.717) is 10.6 Å². The maximum Gasteiger partial charge on any atom is 0.416 e. The van der Waals surface area contributed by atoms with Crippen LogP contribution in [-0.4, -0.2) is 5.91 Å². The minimum absolute atomic E-state index is 0.321. The highest BCUT2D eigenvalue weighted by atomic mass is 32.1. The van der Waals surface area contributed by atoms with Crippen LogP contribution in [0.2, 0.25) is 0 Å². The zero-order valence-electron chi connectivity index (χ0n) is 9.91. The van der Waals surface area contributed by atoms with Crippen LogP contribution in [0.1, 0.15) is 20.1 Å². The number of hydrogen-bond donors (Lipinski definition) is 1. The third kappa shape index (κ3) is 3.35. The molecule has 0 unspecified atom stereocenters. The second-order valence-electron chi connectivity index (χ2n) is 3.94. The zero-order valence-corrected chi connectivity index (χ0v) is 10.7. The van der Waals surface area contributed by atoms with E-state index in [9.17, 15) is 18.0 Å². The lowest BCUT2D eigenvalue weighted by atomic mass is 10.2. The Morgan fingerprint density at radius 3 is 2.21 bits per heavy atom. The molecule has 2 aromatic rings. The summed E-state index contributed by atoms with van der Waals surface area (Å²) in [4.78, 5) is 13.3. The van der Waals surface area contributed by atoms with Crippen molar-refractivity contribution in [3.63, 3.8) is 0 Å². The second kappa shape index (κ2) is 5.05. The standard InChI is InChI=1S/C13H10F3NOS/c1-8-2-7-11(19-8)12(18)17-10-5-3-9(4-6-10)13(14,15)16/h2-7H,1H3,(H,17,18). The Bertz CT molecular complexity index is 587. The highest BCUT2D eigenvalue weighted by Crippen LogP contribution is 2.30. The molecule has 0 bridgehead atoms. The number of anilines is 1. The molecule has 6 heteroatoms. The molecular formula is C13H10F3NOS. The number of aryl methyl sites for hydroxylation is 1. The monoisotopic (exact) mass is 285 g/mol. The summed E-state index contributed by atoms with van der Waals surface area (Å²) in [5, 5.41) is 2.55. The summed E-state index contributed by atoms with van der Waals surface area (Å²) in [5.41, 5.74) is -0.401. The molecule has 0 saturated heterocycles. The molecule has 0 aliphatic carbocycles. The summed E-state index contributed by atoms with van der Waals surface area (Å²) in [7, 11) is 0. The Kier molecular flexibility index (Phi) is 3.61. The van der Waals surface area contributed by atoms with Crippen molar-refractivity contribution >= 4 is 22.9 Å². The van der Waals surface area contributed by atoms with Crippen molar-refractivity contribution in [3.8, 4) is 0 Å². The second-order valence-corrected chi connectivity index (χ2v) is 5.23. The van der Waals surface area contributed by atoms with E-state index >= 15 is 0 Å². The summed E-state index contributed by atoms with van der Waals surface area (Å²) in [6.45, 7) is 1.87. The van der Waals surface area contributed by atoms with E-state index in [1.165, 1.54) is 23.5 Å². The molecule has 1 amide bonds. The summed E-state index contributed by atoms with van der Waals surface area (Å²) in [5.74, 6) is -0.321. The van der Waals surface area contributed by atoms with Gasteiger partial charge in [-0.2, -0.15) is 13.2 Å². The van der Waals surface area contributed by atoms with Gasteiger partial charge in [-0.25, -0.2) is 0 Å². The van der Waals surface area contributed by atoms with Crippen LogP contribution in [-0.2, 0) is 6.18 Å². The van der Waals surface area contributed by atoms with Crippen molar-refractivity contribution in [1.82, 2.24) is 0 Å². The molecule has 1 aromatic carbocycles. The number of thiophene rings is 1. The van der Waals surface area contributed by atoms with Gasteiger partial charge in [-0.1, -0.05) is 0 Å². The predicted octanol–water partition coefficient (Wildman–Crippen LogP) is 4.33. The number of benzene rings is 1. The van der Waals surface area contributed by atoms with Gasteiger partial charge >= 0.3 is 6.18 Å². The fraction of sp³-hybridized carbons (Fsp3) is 0.154. The van der Waals surface area contributed by atoms with Crippen molar-refractivity contribution in [2.45, 2.75) is 13.1 Å². The van der Waals surface area contributed by atoms with E-state index in [-0.39, 0.29) is 5.91 Å². The van der Waals surface area contributed by atoms with E-state index in [2.05, 4.69) is 5.32 Å². The number of hydrogen-bond acceptors (Lipinski definition) is 2. The zero-order chi connectivity index (χ0) is 14.0. The molecule has 0 aliphatic rings. The molecule has 19 heavy (non-hydrogen) atoms. The quantitative estimate of drug-likeness (QED) is 0.874. The number of carbonyl (C=O) groups excluding carboxylic acids is 1. The average Bonchev–Trinajstić information content (AvgIpc) is 2.75. The Labute approximate surface area is 111 Å². The van der Waals surface area contributed by atoms with E-state index in [1.807, 2.05) is 13.0 Å². The number of halogens is 3. The van der Waals surface area contributed by atoms with Crippen LogP contribution in [0.5, 0.6) is 0 Å². The largest absolute Gasteiger partial charge is 0.416 e.